The molecular formula is C25H23N5O5. The van der Waals surface area contributed by atoms with Crippen LogP contribution in [-0.2, 0) is 4.74 Å². The van der Waals surface area contributed by atoms with E-state index in [9.17, 15) is 14.9 Å². The van der Waals surface area contributed by atoms with Crippen LogP contribution in [0.5, 0.6) is 5.75 Å². The minimum atomic E-state index is -0.511. The van der Waals surface area contributed by atoms with Crippen molar-refractivity contribution in [3.05, 3.63) is 76.3 Å². The Morgan fingerprint density at radius 1 is 1.14 bits per heavy atom. The maximum absolute atomic E-state index is 13.4. The van der Waals surface area contributed by atoms with Gasteiger partial charge < -0.3 is 24.7 Å². The predicted molar refractivity (Wildman–Crippen MR) is 132 cm³/mol. The molecule has 0 spiro atoms. The highest BCUT2D eigenvalue weighted by molar-refractivity contribution is 6.09. The van der Waals surface area contributed by atoms with Gasteiger partial charge in [-0.25, -0.2) is 4.98 Å². The maximum Gasteiger partial charge on any atom is 0.270 e. The number of morpholine rings is 1. The number of nitrogens with zero attached hydrogens (tertiary/aromatic N) is 3. The standard InChI is InChI=1S/C25H23N5O5/c1-34-23-9-6-16(24-26-19-4-2-3-5-20(19)27-24)14-21(23)28-25(31)18-15-17(30(32)33)7-8-22(18)29-10-12-35-13-11-29/h2-9,14-15H,10-13H2,1H3,(H,26,27)(H,28,31). The molecular weight excluding hydrogens is 450 g/mol. The number of H-pyrrole nitrogens is 1. The van der Waals surface area contributed by atoms with Crippen molar-refractivity contribution in [1.29, 1.82) is 0 Å². The van der Waals surface area contributed by atoms with E-state index in [1.807, 2.05) is 35.2 Å². The molecule has 35 heavy (non-hydrogen) atoms. The zero-order valence-electron chi connectivity index (χ0n) is 19.0. The van der Waals surface area contributed by atoms with E-state index in [0.717, 1.165) is 16.6 Å². The minimum absolute atomic E-state index is 0.157. The molecule has 10 nitrogen and oxygen atoms in total. The summed E-state index contributed by atoms with van der Waals surface area (Å²) in [4.78, 5) is 34.2. The number of hydrogen-bond donors (Lipinski definition) is 2. The van der Waals surface area contributed by atoms with Crippen molar-refractivity contribution in [1.82, 2.24) is 9.97 Å². The quantitative estimate of drug-likeness (QED) is 0.317. The molecule has 0 radical (unpaired) electrons. The number of nitro benzene ring substituents is 1. The third-order valence-electron chi connectivity index (χ3n) is 5.90. The first-order valence-corrected chi connectivity index (χ1v) is 11.1. The summed E-state index contributed by atoms with van der Waals surface area (Å²) >= 11 is 0. The Kier molecular flexibility index (Phi) is 6.02. The number of fused-ring (bicyclic) bond motifs is 1. The Hall–Kier alpha value is -4.44. The minimum Gasteiger partial charge on any atom is -0.495 e. The lowest BCUT2D eigenvalue weighted by Crippen LogP contribution is -2.37. The van der Waals surface area contributed by atoms with Crippen molar-refractivity contribution in [2.75, 3.05) is 43.6 Å². The smallest absolute Gasteiger partial charge is 0.270 e. The second kappa shape index (κ2) is 9.43. The number of carbonyl (C=O) groups excluding carboxylic acids is 1. The monoisotopic (exact) mass is 473 g/mol. The van der Waals surface area contributed by atoms with Gasteiger partial charge in [0.2, 0.25) is 0 Å². The number of hydrogen-bond acceptors (Lipinski definition) is 7. The molecule has 1 aliphatic rings. The Bertz CT molecular complexity index is 1380. The number of non-ortho nitro benzene ring substituents is 1. The molecule has 2 heterocycles. The molecule has 4 aromatic rings. The SMILES string of the molecule is COc1ccc(-c2nc3ccccc3[nH]2)cc1NC(=O)c1cc([N+](=O)[O-])ccc1N1CCOCC1. The summed E-state index contributed by atoms with van der Waals surface area (Å²) in [6.45, 7) is 2.21. The zero-order chi connectivity index (χ0) is 24.4. The second-order valence-corrected chi connectivity index (χ2v) is 8.03. The van der Waals surface area contributed by atoms with E-state index < -0.39 is 10.8 Å². The Morgan fingerprint density at radius 2 is 1.94 bits per heavy atom. The lowest BCUT2D eigenvalue weighted by molar-refractivity contribution is -0.384. The van der Waals surface area contributed by atoms with Gasteiger partial charge in [0.05, 0.1) is 53.2 Å². The van der Waals surface area contributed by atoms with E-state index in [0.29, 0.717) is 49.3 Å². The van der Waals surface area contributed by atoms with Crippen molar-refractivity contribution in [3.8, 4) is 17.1 Å². The number of aromatic nitrogens is 2. The number of ether oxygens (including phenoxy) is 2. The van der Waals surface area contributed by atoms with E-state index >= 15 is 0 Å². The normalized spacial score (nSPS) is 13.6. The van der Waals surface area contributed by atoms with Crippen molar-refractivity contribution in [2.24, 2.45) is 0 Å². The molecule has 0 aliphatic carbocycles. The van der Waals surface area contributed by atoms with Crippen LogP contribution in [-0.4, -0.2) is 54.2 Å². The van der Waals surface area contributed by atoms with Gasteiger partial charge in [-0.15, -0.1) is 0 Å². The van der Waals surface area contributed by atoms with Crippen LogP contribution in [0.2, 0.25) is 0 Å². The first-order valence-electron chi connectivity index (χ1n) is 11.1. The molecule has 10 heteroatoms. The highest BCUT2D eigenvalue weighted by atomic mass is 16.6. The van der Waals surface area contributed by atoms with Crippen LogP contribution < -0.4 is 15.0 Å². The Labute approximate surface area is 200 Å². The van der Waals surface area contributed by atoms with Crippen LogP contribution in [0.1, 0.15) is 10.4 Å². The van der Waals surface area contributed by atoms with Crippen molar-refractivity contribution < 1.29 is 19.2 Å². The lowest BCUT2D eigenvalue weighted by Gasteiger charge is -2.30. The average molecular weight is 473 g/mol. The fraction of sp³-hybridized carbons (Fsp3) is 0.200. The fourth-order valence-electron chi connectivity index (χ4n) is 4.13. The zero-order valence-corrected chi connectivity index (χ0v) is 19.0. The summed E-state index contributed by atoms with van der Waals surface area (Å²) in [7, 11) is 1.51. The number of aromatic amines is 1. The van der Waals surface area contributed by atoms with Crippen LogP contribution in [0.15, 0.2) is 60.7 Å². The number of imidazole rings is 1. The van der Waals surface area contributed by atoms with Crippen LogP contribution in [0.3, 0.4) is 0 Å². The van der Waals surface area contributed by atoms with Gasteiger partial charge in [-0.3, -0.25) is 14.9 Å². The summed E-state index contributed by atoms with van der Waals surface area (Å²) in [6.07, 6.45) is 0. The van der Waals surface area contributed by atoms with Crippen molar-refractivity contribution in [2.45, 2.75) is 0 Å². The van der Waals surface area contributed by atoms with Gasteiger partial charge in [-0.2, -0.15) is 0 Å². The van der Waals surface area contributed by atoms with Gasteiger partial charge in [-0.1, -0.05) is 12.1 Å². The number of carbonyl (C=O) groups is 1. The molecule has 1 aromatic heterocycles. The van der Waals surface area contributed by atoms with Gasteiger partial charge in [0, 0.05) is 30.8 Å². The van der Waals surface area contributed by atoms with Gasteiger partial charge in [0.1, 0.15) is 11.6 Å². The van der Waals surface area contributed by atoms with Crippen LogP contribution in [0, 0.1) is 10.1 Å². The average Bonchev–Trinajstić information content (AvgIpc) is 3.33. The molecule has 1 fully saturated rings. The van der Waals surface area contributed by atoms with Crippen molar-refractivity contribution in [3.63, 3.8) is 0 Å². The van der Waals surface area contributed by atoms with Crippen LogP contribution in [0.4, 0.5) is 17.1 Å². The fourth-order valence-corrected chi connectivity index (χ4v) is 4.13. The summed E-state index contributed by atoms with van der Waals surface area (Å²) in [5, 5.41) is 14.3. The number of anilines is 2. The van der Waals surface area contributed by atoms with E-state index in [2.05, 4.69) is 15.3 Å². The predicted octanol–water partition coefficient (Wildman–Crippen LogP) is 4.24. The largest absolute Gasteiger partial charge is 0.495 e. The van der Waals surface area contributed by atoms with E-state index in [4.69, 9.17) is 9.47 Å². The molecule has 2 N–H and O–H groups in total. The number of rotatable bonds is 6. The molecule has 5 rings (SSSR count). The number of benzene rings is 3. The second-order valence-electron chi connectivity index (χ2n) is 8.03. The van der Waals surface area contributed by atoms with E-state index in [-0.39, 0.29) is 11.3 Å². The Morgan fingerprint density at radius 3 is 2.69 bits per heavy atom. The third kappa shape index (κ3) is 4.51. The molecule has 0 unspecified atom stereocenters. The molecule has 0 bridgehead atoms. The number of nitrogens with one attached hydrogen (secondary N) is 2. The third-order valence-corrected chi connectivity index (χ3v) is 5.90. The van der Waals surface area contributed by atoms with Crippen LogP contribution in [0.25, 0.3) is 22.4 Å². The summed E-state index contributed by atoms with van der Waals surface area (Å²) < 4.78 is 10.9. The molecule has 178 valence electrons. The molecule has 0 saturated carbocycles. The lowest BCUT2D eigenvalue weighted by atomic mass is 10.1. The first-order chi connectivity index (χ1) is 17.0. The van der Waals surface area contributed by atoms with Gasteiger partial charge in [-0.05, 0) is 36.4 Å². The highest BCUT2D eigenvalue weighted by Gasteiger charge is 2.23. The maximum atomic E-state index is 13.4. The van der Waals surface area contributed by atoms with Gasteiger partial charge in [0.15, 0.2) is 0 Å². The van der Waals surface area contributed by atoms with Gasteiger partial charge in [0.25, 0.3) is 11.6 Å². The topological polar surface area (TPSA) is 123 Å². The summed E-state index contributed by atoms with van der Waals surface area (Å²) in [5.41, 5.74) is 3.57. The number of nitro groups is 1. The number of methoxy groups -OCH3 is 1. The molecule has 1 aliphatic heterocycles. The molecule has 0 atom stereocenters. The summed E-state index contributed by atoms with van der Waals surface area (Å²) in [6, 6.07) is 17.4. The molecule has 3 aromatic carbocycles. The number of amides is 1. The Balaban J connectivity index is 1.50. The number of para-hydroxylation sites is 2. The van der Waals surface area contributed by atoms with E-state index in [1.54, 1.807) is 18.2 Å². The van der Waals surface area contributed by atoms with E-state index in [1.165, 1.54) is 19.2 Å². The molecule has 1 saturated heterocycles. The van der Waals surface area contributed by atoms with Crippen LogP contribution >= 0.6 is 0 Å². The first kappa shape index (κ1) is 22.4. The van der Waals surface area contributed by atoms with Gasteiger partial charge >= 0.3 is 0 Å². The highest BCUT2D eigenvalue weighted by Crippen LogP contribution is 2.33. The summed E-state index contributed by atoms with van der Waals surface area (Å²) in [5.74, 6) is 0.625. The van der Waals surface area contributed by atoms with Crippen molar-refractivity contribution >= 4 is 34.0 Å². The molecule has 1 amide bonds.